The molecule has 0 fully saturated rings. The van der Waals surface area contributed by atoms with Gasteiger partial charge in [-0.15, -0.1) is 0 Å². The first-order valence-electron chi connectivity index (χ1n) is 6.93. The van der Waals surface area contributed by atoms with Crippen LogP contribution in [0, 0.1) is 11.9 Å². The molecule has 5 nitrogen and oxygen atoms in total. The first kappa shape index (κ1) is 18.0. The third-order valence-electron chi connectivity index (χ3n) is 3.16. The van der Waals surface area contributed by atoms with E-state index in [1.165, 1.54) is 25.3 Å². The van der Waals surface area contributed by atoms with Crippen LogP contribution in [-0.2, 0) is 6.18 Å². The van der Waals surface area contributed by atoms with Crippen LogP contribution >= 0.6 is 11.6 Å². The number of para-hydroxylation sites is 1. The molecule has 0 atom stereocenters. The van der Waals surface area contributed by atoms with Crippen molar-refractivity contribution in [1.29, 1.82) is 0 Å². The number of halogens is 5. The fraction of sp³-hybridized carbons (Fsp3) is 0.125. The van der Waals surface area contributed by atoms with Gasteiger partial charge in [0.05, 0.1) is 17.7 Å². The second-order valence-corrected chi connectivity index (χ2v) is 5.24. The van der Waals surface area contributed by atoms with Gasteiger partial charge in [0, 0.05) is 6.07 Å². The van der Waals surface area contributed by atoms with Crippen LogP contribution in [0.3, 0.4) is 0 Å². The number of hydrogen-bond donors (Lipinski definition) is 0. The van der Waals surface area contributed by atoms with E-state index in [2.05, 4.69) is 20.7 Å². The van der Waals surface area contributed by atoms with E-state index in [4.69, 9.17) is 21.1 Å². The van der Waals surface area contributed by atoms with Crippen molar-refractivity contribution in [1.82, 2.24) is 10.1 Å². The fourth-order valence-electron chi connectivity index (χ4n) is 2.01. The van der Waals surface area contributed by atoms with E-state index in [0.717, 1.165) is 6.07 Å². The first-order valence-corrected chi connectivity index (χ1v) is 7.31. The van der Waals surface area contributed by atoms with Crippen LogP contribution in [0.2, 0.25) is 5.02 Å². The molecule has 26 heavy (non-hydrogen) atoms. The van der Waals surface area contributed by atoms with E-state index in [1.54, 1.807) is 6.07 Å². The third kappa shape index (κ3) is 3.43. The number of aromatic nitrogens is 2. The van der Waals surface area contributed by atoms with Gasteiger partial charge in [0.25, 0.3) is 0 Å². The first-order chi connectivity index (χ1) is 12.3. The van der Waals surface area contributed by atoms with E-state index in [0.29, 0.717) is 0 Å². The van der Waals surface area contributed by atoms with Crippen molar-refractivity contribution >= 4 is 11.6 Å². The molecule has 0 saturated heterocycles. The van der Waals surface area contributed by atoms with Gasteiger partial charge in [0.1, 0.15) is 0 Å². The summed E-state index contributed by atoms with van der Waals surface area (Å²) in [5, 5.41) is 3.29. The summed E-state index contributed by atoms with van der Waals surface area (Å²) >= 11 is 6.01. The van der Waals surface area contributed by atoms with E-state index < -0.39 is 29.5 Å². The highest BCUT2D eigenvalue weighted by molar-refractivity contribution is 6.32. The highest BCUT2D eigenvalue weighted by Crippen LogP contribution is 2.40. The molecule has 0 bridgehead atoms. The molecule has 1 radical (unpaired) electrons. The van der Waals surface area contributed by atoms with Gasteiger partial charge in [-0.1, -0.05) is 22.8 Å². The quantitative estimate of drug-likeness (QED) is 0.579. The Kier molecular flexibility index (Phi) is 4.73. The zero-order valence-corrected chi connectivity index (χ0v) is 13.7. The molecule has 0 amide bonds. The van der Waals surface area contributed by atoms with Crippen LogP contribution in [0.5, 0.6) is 17.2 Å². The molecular weight excluding hydrogens is 380 g/mol. The maximum Gasteiger partial charge on any atom is 0.471 e. The van der Waals surface area contributed by atoms with Crippen LogP contribution < -0.4 is 9.47 Å². The monoisotopic (exact) mass is 387 g/mol. The van der Waals surface area contributed by atoms with Gasteiger partial charge in [-0.05, 0) is 24.3 Å². The van der Waals surface area contributed by atoms with E-state index in [-0.39, 0.29) is 22.1 Å². The topological polar surface area (TPSA) is 57.4 Å². The Morgan fingerprint density at radius 3 is 2.65 bits per heavy atom. The SMILES string of the molecule is COc1cccc(Cl)c1Oc1[c]ccc(-c2noc(C(F)(F)F)n2)c1F. The van der Waals surface area contributed by atoms with Gasteiger partial charge in [-0.2, -0.15) is 18.2 Å². The molecular formula is C16H8ClF4N2O3. The zero-order chi connectivity index (χ0) is 18.9. The summed E-state index contributed by atoms with van der Waals surface area (Å²) in [5.74, 6) is -3.38. The molecule has 0 aliphatic heterocycles. The molecule has 0 aliphatic carbocycles. The lowest BCUT2D eigenvalue weighted by atomic mass is 10.2. The molecule has 3 rings (SSSR count). The average molecular weight is 388 g/mol. The molecule has 0 aliphatic rings. The lowest BCUT2D eigenvalue weighted by Crippen LogP contribution is -2.05. The van der Waals surface area contributed by atoms with Crippen LogP contribution in [0.1, 0.15) is 5.89 Å². The summed E-state index contributed by atoms with van der Waals surface area (Å²) < 4.78 is 67.0. The van der Waals surface area contributed by atoms with E-state index >= 15 is 0 Å². The van der Waals surface area contributed by atoms with Crippen molar-refractivity contribution < 1.29 is 31.6 Å². The molecule has 0 saturated carbocycles. The predicted octanol–water partition coefficient (Wildman–Crippen LogP) is 5.15. The maximum absolute atomic E-state index is 14.7. The zero-order valence-electron chi connectivity index (χ0n) is 12.9. The van der Waals surface area contributed by atoms with Gasteiger partial charge >= 0.3 is 12.1 Å². The van der Waals surface area contributed by atoms with E-state index in [9.17, 15) is 17.6 Å². The van der Waals surface area contributed by atoms with Crippen molar-refractivity contribution in [2.45, 2.75) is 6.18 Å². The van der Waals surface area contributed by atoms with Crippen molar-refractivity contribution in [2.75, 3.05) is 7.11 Å². The smallest absolute Gasteiger partial charge is 0.471 e. The van der Waals surface area contributed by atoms with Gasteiger partial charge < -0.3 is 14.0 Å². The third-order valence-corrected chi connectivity index (χ3v) is 3.46. The van der Waals surface area contributed by atoms with Crippen molar-refractivity contribution in [3.8, 4) is 28.6 Å². The van der Waals surface area contributed by atoms with E-state index in [1.807, 2.05) is 0 Å². The van der Waals surface area contributed by atoms with Crippen molar-refractivity contribution in [2.24, 2.45) is 0 Å². The van der Waals surface area contributed by atoms with Gasteiger partial charge in [-0.25, -0.2) is 4.39 Å². The number of ether oxygens (including phenoxy) is 2. The fourth-order valence-corrected chi connectivity index (χ4v) is 2.21. The van der Waals surface area contributed by atoms with Crippen LogP contribution in [0.4, 0.5) is 17.6 Å². The summed E-state index contributed by atoms with van der Waals surface area (Å²) in [6.45, 7) is 0. The average Bonchev–Trinajstić information content (AvgIpc) is 3.08. The lowest BCUT2D eigenvalue weighted by Gasteiger charge is -2.12. The normalized spacial score (nSPS) is 11.5. The summed E-state index contributed by atoms with van der Waals surface area (Å²) in [4.78, 5) is 3.15. The van der Waals surface area contributed by atoms with Crippen molar-refractivity contribution in [3.63, 3.8) is 0 Å². The molecule has 135 valence electrons. The molecule has 3 aromatic rings. The number of rotatable bonds is 4. The molecule has 1 aromatic heterocycles. The number of hydrogen-bond acceptors (Lipinski definition) is 5. The van der Waals surface area contributed by atoms with Gasteiger partial charge in [0.2, 0.25) is 5.82 Å². The largest absolute Gasteiger partial charge is 0.493 e. The van der Waals surface area contributed by atoms with Crippen LogP contribution in [-0.4, -0.2) is 17.3 Å². The highest BCUT2D eigenvalue weighted by atomic mass is 35.5. The van der Waals surface area contributed by atoms with Crippen molar-refractivity contribution in [3.05, 3.63) is 53.1 Å². The van der Waals surface area contributed by atoms with Gasteiger partial charge in [-0.3, -0.25) is 0 Å². The Morgan fingerprint density at radius 2 is 2.00 bits per heavy atom. The molecule has 2 aromatic carbocycles. The predicted molar refractivity (Wildman–Crippen MR) is 81.6 cm³/mol. The Bertz CT molecular complexity index is 943. The molecule has 10 heteroatoms. The Morgan fingerprint density at radius 1 is 1.23 bits per heavy atom. The number of methoxy groups -OCH3 is 1. The lowest BCUT2D eigenvalue weighted by molar-refractivity contribution is -0.159. The Labute approximate surface area is 149 Å². The molecule has 0 N–H and O–H groups in total. The van der Waals surface area contributed by atoms with Crippen LogP contribution in [0.25, 0.3) is 11.4 Å². The molecule has 1 heterocycles. The molecule has 0 unspecified atom stereocenters. The minimum atomic E-state index is -4.84. The standard InChI is InChI=1S/C16H8ClF4N2O3/c1-24-11-7-3-5-9(17)13(11)25-10-6-2-4-8(12(10)18)14-22-15(26-23-14)16(19,20)21/h2-5,7H,1H3. The summed E-state index contributed by atoms with van der Waals surface area (Å²) in [5.41, 5.74) is -0.357. The number of alkyl halides is 3. The van der Waals surface area contributed by atoms with Gasteiger partial charge in [0.15, 0.2) is 23.1 Å². The highest BCUT2D eigenvalue weighted by Gasteiger charge is 2.38. The maximum atomic E-state index is 14.7. The van der Waals surface area contributed by atoms with Crippen LogP contribution in [0.15, 0.2) is 34.9 Å². The summed E-state index contributed by atoms with van der Waals surface area (Å²) in [6.07, 6.45) is -4.84. The number of benzene rings is 2. The molecule has 0 spiro atoms. The second kappa shape index (κ2) is 6.83. The number of nitrogens with zero attached hydrogens (tertiary/aromatic N) is 2. The summed E-state index contributed by atoms with van der Waals surface area (Å²) in [6, 6.07) is 9.50. The Hall–Kier alpha value is -2.81. The second-order valence-electron chi connectivity index (χ2n) is 4.83. The summed E-state index contributed by atoms with van der Waals surface area (Å²) in [7, 11) is 1.37. The Balaban J connectivity index is 2.00. The minimum Gasteiger partial charge on any atom is -0.493 e. The minimum absolute atomic E-state index is 0.0214.